The van der Waals surface area contributed by atoms with E-state index in [-0.39, 0.29) is 4.90 Å². The average Bonchev–Trinajstić information content (AvgIpc) is 2.63. The van der Waals surface area contributed by atoms with Gasteiger partial charge in [0.2, 0.25) is 10.0 Å². The fourth-order valence-electron chi connectivity index (χ4n) is 2.09. The molecular weight excluding hydrogens is 340 g/mol. The summed E-state index contributed by atoms with van der Waals surface area (Å²) < 4.78 is 26.1. The van der Waals surface area contributed by atoms with E-state index in [9.17, 15) is 8.42 Å². The average molecular weight is 356 g/mol. The van der Waals surface area contributed by atoms with Gasteiger partial charge in [-0.1, -0.05) is 6.07 Å². The summed E-state index contributed by atoms with van der Waals surface area (Å²) in [6, 6.07) is 11.9. The lowest BCUT2D eigenvalue weighted by molar-refractivity contribution is 0.588. The molecule has 0 aliphatic carbocycles. The second kappa shape index (κ2) is 7.24. The molecule has 0 unspecified atom stereocenters. The number of anilines is 4. The second-order valence-electron chi connectivity index (χ2n) is 5.02. The van der Waals surface area contributed by atoms with Gasteiger partial charge < -0.3 is 10.6 Å². The van der Waals surface area contributed by atoms with Gasteiger partial charge in [-0.15, -0.1) is 0 Å². The van der Waals surface area contributed by atoms with Gasteiger partial charge in [0.1, 0.15) is 18.0 Å². The largest absolute Gasteiger partial charge is 0.340 e. The third-order valence-corrected chi connectivity index (χ3v) is 4.70. The molecule has 0 amide bonds. The molecule has 2 aromatic heterocycles. The van der Waals surface area contributed by atoms with Crippen molar-refractivity contribution in [1.82, 2.24) is 19.7 Å². The zero-order valence-electron chi connectivity index (χ0n) is 13.3. The predicted octanol–water partition coefficient (Wildman–Crippen LogP) is 2.27. The normalized spacial score (nSPS) is 11.1. The van der Waals surface area contributed by atoms with Crippen LogP contribution >= 0.6 is 0 Å². The lowest BCUT2D eigenvalue weighted by Crippen LogP contribution is -2.18. The number of sulfonamides is 1. The van der Waals surface area contributed by atoms with Crippen molar-refractivity contribution in [2.24, 2.45) is 0 Å². The first-order chi connectivity index (χ1) is 12.1. The van der Waals surface area contributed by atoms with Gasteiger partial charge in [-0.05, 0) is 37.4 Å². The number of nitrogens with one attached hydrogen (secondary N) is 3. The smallest absolute Gasteiger partial charge is 0.240 e. The molecule has 2 heterocycles. The Hall–Kier alpha value is -3.04. The minimum absolute atomic E-state index is 0.169. The first kappa shape index (κ1) is 16.8. The van der Waals surface area contributed by atoms with E-state index in [2.05, 4.69) is 30.3 Å². The Balaban J connectivity index is 1.80. The number of benzene rings is 1. The summed E-state index contributed by atoms with van der Waals surface area (Å²) in [5.74, 6) is 1.12. The number of hydrogen-bond donors (Lipinski definition) is 3. The molecule has 25 heavy (non-hydrogen) atoms. The van der Waals surface area contributed by atoms with Gasteiger partial charge in [0.05, 0.1) is 16.8 Å². The summed E-state index contributed by atoms with van der Waals surface area (Å²) >= 11 is 0. The van der Waals surface area contributed by atoms with Crippen molar-refractivity contribution in [2.75, 3.05) is 17.7 Å². The van der Waals surface area contributed by atoms with Gasteiger partial charge in [0.25, 0.3) is 0 Å². The van der Waals surface area contributed by atoms with Gasteiger partial charge in [0.15, 0.2) is 0 Å². The molecule has 0 fully saturated rings. The monoisotopic (exact) mass is 356 g/mol. The number of hydrogen-bond acceptors (Lipinski definition) is 7. The van der Waals surface area contributed by atoms with Crippen molar-refractivity contribution < 1.29 is 8.42 Å². The van der Waals surface area contributed by atoms with Gasteiger partial charge in [0, 0.05) is 18.0 Å². The fourth-order valence-corrected chi connectivity index (χ4v) is 2.86. The molecule has 0 saturated carbocycles. The maximum atomic E-state index is 11.9. The summed E-state index contributed by atoms with van der Waals surface area (Å²) in [5, 5.41) is 6.18. The van der Waals surface area contributed by atoms with E-state index in [0.717, 1.165) is 5.69 Å². The highest BCUT2D eigenvalue weighted by Crippen LogP contribution is 2.21. The maximum Gasteiger partial charge on any atom is 0.240 e. The number of nitrogens with zero attached hydrogens (tertiary/aromatic N) is 3. The molecule has 128 valence electrons. The van der Waals surface area contributed by atoms with E-state index in [1.165, 1.54) is 25.5 Å². The molecular formula is C16H16N6O2S. The molecule has 9 heteroatoms. The molecule has 0 saturated heterocycles. The summed E-state index contributed by atoms with van der Waals surface area (Å²) in [6.45, 7) is 0. The van der Waals surface area contributed by atoms with Crippen LogP contribution in [0.5, 0.6) is 0 Å². The van der Waals surface area contributed by atoms with Crippen molar-refractivity contribution in [3.63, 3.8) is 0 Å². The zero-order chi connectivity index (χ0) is 17.7. The third-order valence-electron chi connectivity index (χ3n) is 3.29. The zero-order valence-corrected chi connectivity index (χ0v) is 14.2. The van der Waals surface area contributed by atoms with E-state index in [1.807, 2.05) is 12.1 Å². The first-order valence-corrected chi connectivity index (χ1v) is 8.85. The number of pyridine rings is 1. The Morgan fingerprint density at radius 2 is 1.64 bits per heavy atom. The number of aromatic nitrogens is 3. The van der Waals surface area contributed by atoms with Crippen molar-refractivity contribution >= 4 is 33.0 Å². The summed E-state index contributed by atoms with van der Waals surface area (Å²) in [6.07, 6.45) is 4.78. The highest BCUT2D eigenvalue weighted by Gasteiger charge is 2.11. The standard InChI is InChI=1S/C16H16N6O2S/c1-17-25(23,24)14-6-2-4-12(8-14)21-15-9-16(20-11-19-15)22-13-5-3-7-18-10-13/h2-11,17H,1H3,(H2,19,20,21,22). The van der Waals surface area contributed by atoms with Crippen molar-refractivity contribution in [1.29, 1.82) is 0 Å². The lowest BCUT2D eigenvalue weighted by Gasteiger charge is -2.10. The van der Waals surface area contributed by atoms with E-state index in [4.69, 9.17) is 0 Å². The Morgan fingerprint density at radius 1 is 0.920 bits per heavy atom. The lowest BCUT2D eigenvalue weighted by atomic mass is 10.3. The summed E-state index contributed by atoms with van der Waals surface area (Å²) in [4.78, 5) is 12.5. The van der Waals surface area contributed by atoms with Crippen molar-refractivity contribution in [3.05, 3.63) is 61.2 Å². The molecule has 0 bridgehead atoms. The Morgan fingerprint density at radius 3 is 2.32 bits per heavy atom. The van der Waals surface area contributed by atoms with Crippen LogP contribution in [-0.2, 0) is 10.0 Å². The van der Waals surface area contributed by atoms with Crippen LogP contribution in [0.25, 0.3) is 0 Å². The van der Waals surface area contributed by atoms with Crippen LogP contribution in [0.1, 0.15) is 0 Å². The molecule has 0 spiro atoms. The van der Waals surface area contributed by atoms with Crippen LogP contribution < -0.4 is 15.4 Å². The fraction of sp³-hybridized carbons (Fsp3) is 0.0625. The highest BCUT2D eigenvalue weighted by atomic mass is 32.2. The van der Waals surface area contributed by atoms with Crippen LogP contribution in [0.2, 0.25) is 0 Å². The van der Waals surface area contributed by atoms with E-state index < -0.39 is 10.0 Å². The molecule has 0 radical (unpaired) electrons. The van der Waals surface area contributed by atoms with E-state index >= 15 is 0 Å². The summed E-state index contributed by atoms with van der Waals surface area (Å²) in [7, 11) is -2.13. The molecule has 0 aliphatic heterocycles. The van der Waals surface area contributed by atoms with Crippen LogP contribution in [0.15, 0.2) is 66.1 Å². The van der Waals surface area contributed by atoms with E-state index in [0.29, 0.717) is 17.3 Å². The Bertz CT molecular complexity index is 963. The van der Waals surface area contributed by atoms with Crippen molar-refractivity contribution in [2.45, 2.75) is 4.90 Å². The van der Waals surface area contributed by atoms with Crippen LogP contribution in [0, 0.1) is 0 Å². The Labute approximate surface area is 145 Å². The Kier molecular flexibility index (Phi) is 4.87. The highest BCUT2D eigenvalue weighted by molar-refractivity contribution is 7.89. The molecule has 0 aliphatic rings. The molecule has 3 N–H and O–H groups in total. The van der Waals surface area contributed by atoms with Gasteiger partial charge >= 0.3 is 0 Å². The molecule has 3 aromatic rings. The molecule has 8 nitrogen and oxygen atoms in total. The minimum atomic E-state index is -3.50. The maximum absolute atomic E-state index is 11.9. The molecule has 3 rings (SSSR count). The van der Waals surface area contributed by atoms with Gasteiger partial charge in [-0.25, -0.2) is 23.1 Å². The predicted molar refractivity (Wildman–Crippen MR) is 95.5 cm³/mol. The van der Waals surface area contributed by atoms with Gasteiger partial charge in [-0.2, -0.15) is 0 Å². The summed E-state index contributed by atoms with van der Waals surface area (Å²) in [5.41, 5.74) is 1.40. The van der Waals surface area contributed by atoms with Crippen molar-refractivity contribution in [3.8, 4) is 0 Å². The first-order valence-electron chi connectivity index (χ1n) is 7.36. The third kappa shape index (κ3) is 4.28. The van der Waals surface area contributed by atoms with E-state index in [1.54, 1.807) is 30.6 Å². The minimum Gasteiger partial charge on any atom is -0.340 e. The van der Waals surface area contributed by atoms with Crippen LogP contribution in [0.3, 0.4) is 0 Å². The topological polar surface area (TPSA) is 109 Å². The second-order valence-corrected chi connectivity index (χ2v) is 6.90. The molecule has 1 aromatic carbocycles. The van der Waals surface area contributed by atoms with Crippen LogP contribution in [0.4, 0.5) is 23.0 Å². The number of rotatable bonds is 6. The molecule has 0 atom stereocenters. The van der Waals surface area contributed by atoms with Gasteiger partial charge in [-0.3, -0.25) is 4.98 Å². The SMILES string of the molecule is CNS(=O)(=O)c1cccc(Nc2cc(Nc3cccnc3)ncn2)c1. The van der Waals surface area contributed by atoms with Crippen LogP contribution in [-0.4, -0.2) is 30.4 Å². The quantitative estimate of drug-likeness (QED) is 0.621.